The van der Waals surface area contributed by atoms with Crippen LogP contribution < -0.4 is 10.6 Å². The molecule has 2 aromatic heterocycles. The molecule has 0 radical (unpaired) electrons. The summed E-state index contributed by atoms with van der Waals surface area (Å²) >= 11 is 0. The summed E-state index contributed by atoms with van der Waals surface area (Å²) in [5.74, 6) is 5.03. The van der Waals surface area contributed by atoms with Crippen LogP contribution in [0.15, 0.2) is 65.8 Å². The maximum absolute atomic E-state index is 12.8. The molecule has 0 aliphatic carbocycles. The molecule has 4 aromatic rings. The number of benzene rings is 2. The van der Waals surface area contributed by atoms with Crippen LogP contribution >= 0.6 is 0 Å². The summed E-state index contributed by atoms with van der Waals surface area (Å²) in [5, 5.41) is 7.69. The molecule has 5 rings (SSSR count). The van der Waals surface area contributed by atoms with Gasteiger partial charge in [-0.05, 0) is 79.3 Å². The van der Waals surface area contributed by atoms with Crippen LogP contribution in [-0.2, 0) is 19.9 Å². The first kappa shape index (κ1) is 29.1. The Morgan fingerprint density at radius 1 is 1.05 bits per heavy atom. The molecule has 1 amide bonds. The van der Waals surface area contributed by atoms with Crippen molar-refractivity contribution in [1.29, 1.82) is 4.78 Å². The molecule has 1 atom stereocenters. The van der Waals surface area contributed by atoms with E-state index in [0.717, 1.165) is 27.6 Å². The third-order valence-corrected chi connectivity index (χ3v) is 9.36. The fraction of sp³-hybridized carbons (Fsp3) is 0.258. The first-order chi connectivity index (χ1) is 19.8. The lowest BCUT2D eigenvalue weighted by atomic mass is 9.77. The highest BCUT2D eigenvalue weighted by molar-refractivity contribution is 7.92. The van der Waals surface area contributed by atoms with E-state index in [9.17, 15) is 22.2 Å². The molecule has 0 saturated heterocycles. The number of hydrogen-bond donors (Lipinski definition) is 3. The quantitative estimate of drug-likeness (QED) is 0.208. The van der Waals surface area contributed by atoms with Crippen molar-refractivity contribution in [3.63, 3.8) is 0 Å². The number of fused-ring (bicyclic) bond motifs is 2. The summed E-state index contributed by atoms with van der Waals surface area (Å²) < 4.78 is 58.5. The van der Waals surface area contributed by atoms with Gasteiger partial charge in [0.25, 0.3) is 0 Å². The SMILES string of the molecule is CCC1(CC)C(=O)Nc2cc(C#Cc3nccc4cnc(Nc5ccc(S(=N)(=O)CC(F)(F)F)cc5C)cc34)ccc21. The van der Waals surface area contributed by atoms with Gasteiger partial charge in [-0.25, -0.2) is 19.0 Å². The van der Waals surface area contributed by atoms with Crippen LogP contribution in [0.2, 0.25) is 0 Å². The number of anilines is 3. The predicted molar refractivity (Wildman–Crippen MR) is 157 cm³/mol. The van der Waals surface area contributed by atoms with Crippen LogP contribution in [0.5, 0.6) is 0 Å². The van der Waals surface area contributed by atoms with Gasteiger partial charge in [0.05, 0.1) is 15.1 Å². The van der Waals surface area contributed by atoms with Crippen LogP contribution in [0.4, 0.5) is 30.4 Å². The van der Waals surface area contributed by atoms with Crippen molar-refractivity contribution in [2.24, 2.45) is 0 Å². The largest absolute Gasteiger partial charge is 0.401 e. The highest BCUT2D eigenvalue weighted by Crippen LogP contribution is 2.43. The van der Waals surface area contributed by atoms with Gasteiger partial charge in [0.15, 0.2) is 0 Å². The van der Waals surface area contributed by atoms with Gasteiger partial charge in [-0.3, -0.25) is 4.79 Å². The summed E-state index contributed by atoms with van der Waals surface area (Å²) in [7, 11) is -4.02. The standard InChI is InChI=1S/C31H28F3N5O2S/c1-4-30(5-2)24-9-6-20(15-27(24)39-29(30)40)7-10-26-23-16-28(37-17-21(23)12-13-36-26)38-25-11-8-22(14-19(25)3)42(35,41)18-31(32,33)34/h6,8-9,11-17,35H,4-5,18H2,1-3H3,(H,37,38)(H,39,40). The Labute approximate surface area is 242 Å². The van der Waals surface area contributed by atoms with Crippen LogP contribution in [0, 0.1) is 23.5 Å². The lowest BCUT2D eigenvalue weighted by Crippen LogP contribution is -2.32. The number of pyridine rings is 2. The zero-order chi connectivity index (χ0) is 30.3. The van der Waals surface area contributed by atoms with Gasteiger partial charge in [0, 0.05) is 45.0 Å². The molecule has 0 bridgehead atoms. The second-order valence-corrected chi connectivity index (χ2v) is 12.4. The van der Waals surface area contributed by atoms with Crippen molar-refractivity contribution in [3.05, 3.63) is 83.3 Å². The fourth-order valence-electron chi connectivity index (χ4n) is 5.26. The Kier molecular flexibility index (Phi) is 7.45. The van der Waals surface area contributed by atoms with E-state index in [0.29, 0.717) is 35.6 Å². The van der Waals surface area contributed by atoms with E-state index in [2.05, 4.69) is 32.4 Å². The minimum atomic E-state index is -4.71. The monoisotopic (exact) mass is 591 g/mol. The highest BCUT2D eigenvalue weighted by Gasteiger charge is 2.43. The number of hydrogen-bond acceptors (Lipinski definition) is 6. The van der Waals surface area contributed by atoms with Crippen molar-refractivity contribution in [2.75, 3.05) is 16.4 Å². The summed E-state index contributed by atoms with van der Waals surface area (Å²) in [4.78, 5) is 21.4. The average Bonchev–Trinajstić information content (AvgIpc) is 3.21. The second kappa shape index (κ2) is 10.8. The minimum Gasteiger partial charge on any atom is -0.340 e. The number of aromatic nitrogens is 2. The number of rotatable bonds is 6. The number of nitrogens with one attached hydrogen (secondary N) is 3. The minimum absolute atomic E-state index is 0.00957. The van der Waals surface area contributed by atoms with Gasteiger partial charge >= 0.3 is 6.18 Å². The fourth-order valence-corrected chi connectivity index (χ4v) is 6.54. The number of aryl methyl sites for hydroxylation is 1. The van der Waals surface area contributed by atoms with Crippen LogP contribution in [0.3, 0.4) is 0 Å². The van der Waals surface area contributed by atoms with E-state index in [-0.39, 0.29) is 10.8 Å². The molecule has 1 unspecified atom stereocenters. The van der Waals surface area contributed by atoms with E-state index in [1.54, 1.807) is 25.4 Å². The van der Waals surface area contributed by atoms with E-state index >= 15 is 0 Å². The molecular formula is C31H28F3N5O2S. The van der Waals surface area contributed by atoms with Gasteiger partial charge in [0.1, 0.15) is 17.3 Å². The number of carbonyl (C=O) groups excluding carboxylic acids is 1. The Hall–Kier alpha value is -4.43. The number of alkyl halides is 3. The van der Waals surface area contributed by atoms with Gasteiger partial charge in [-0.2, -0.15) is 13.2 Å². The second-order valence-electron chi connectivity index (χ2n) is 10.2. The third-order valence-electron chi connectivity index (χ3n) is 7.61. The zero-order valence-electron chi connectivity index (χ0n) is 23.1. The molecular weight excluding hydrogens is 563 g/mol. The highest BCUT2D eigenvalue weighted by atomic mass is 32.2. The number of carbonyl (C=O) groups is 1. The first-order valence-electron chi connectivity index (χ1n) is 13.3. The molecule has 0 saturated carbocycles. The Morgan fingerprint density at radius 3 is 2.50 bits per heavy atom. The molecule has 0 spiro atoms. The van der Waals surface area contributed by atoms with E-state index in [1.807, 2.05) is 38.1 Å². The summed E-state index contributed by atoms with van der Waals surface area (Å²) in [6.07, 6.45) is 0.0191. The smallest absolute Gasteiger partial charge is 0.340 e. The maximum Gasteiger partial charge on any atom is 0.401 e. The summed E-state index contributed by atoms with van der Waals surface area (Å²) in [5.41, 5.74) is 3.56. The molecule has 42 heavy (non-hydrogen) atoms. The lowest BCUT2D eigenvalue weighted by molar-refractivity contribution is -0.121. The molecule has 3 N–H and O–H groups in total. The molecule has 3 heterocycles. The van der Waals surface area contributed by atoms with Crippen molar-refractivity contribution in [3.8, 4) is 11.8 Å². The van der Waals surface area contributed by atoms with Crippen molar-refractivity contribution in [2.45, 2.75) is 50.1 Å². The Bertz CT molecular complexity index is 1890. The molecule has 11 heteroatoms. The maximum atomic E-state index is 12.8. The summed E-state index contributed by atoms with van der Waals surface area (Å²) in [6.45, 7) is 5.68. The van der Waals surface area contributed by atoms with Gasteiger partial charge in [-0.1, -0.05) is 25.8 Å². The normalized spacial score (nSPS) is 15.3. The molecule has 2 aromatic carbocycles. The van der Waals surface area contributed by atoms with E-state index in [4.69, 9.17) is 4.78 Å². The topological polar surface area (TPSA) is 108 Å². The van der Waals surface area contributed by atoms with E-state index < -0.39 is 27.1 Å². The van der Waals surface area contributed by atoms with Gasteiger partial charge in [0.2, 0.25) is 5.91 Å². The Balaban J connectivity index is 1.42. The molecule has 216 valence electrons. The van der Waals surface area contributed by atoms with E-state index in [1.165, 1.54) is 18.2 Å². The van der Waals surface area contributed by atoms with Crippen LogP contribution in [-0.4, -0.2) is 32.0 Å². The Morgan fingerprint density at radius 2 is 1.81 bits per heavy atom. The van der Waals surface area contributed by atoms with Crippen molar-refractivity contribution in [1.82, 2.24) is 9.97 Å². The number of amides is 1. The molecule has 7 nitrogen and oxygen atoms in total. The van der Waals surface area contributed by atoms with Gasteiger partial charge < -0.3 is 10.6 Å². The average molecular weight is 592 g/mol. The molecule has 0 fully saturated rings. The van der Waals surface area contributed by atoms with Crippen molar-refractivity contribution < 1.29 is 22.2 Å². The number of halogens is 3. The van der Waals surface area contributed by atoms with Crippen LogP contribution in [0.25, 0.3) is 10.8 Å². The summed E-state index contributed by atoms with van der Waals surface area (Å²) in [6, 6.07) is 13.4. The zero-order valence-corrected chi connectivity index (χ0v) is 24.0. The van der Waals surface area contributed by atoms with Crippen LogP contribution in [0.1, 0.15) is 49.1 Å². The predicted octanol–water partition coefficient (Wildman–Crippen LogP) is 7.06. The third kappa shape index (κ3) is 5.54. The number of nitrogens with zero attached hydrogens (tertiary/aromatic N) is 2. The molecule has 1 aliphatic rings. The lowest BCUT2D eigenvalue weighted by Gasteiger charge is -2.23. The van der Waals surface area contributed by atoms with Crippen molar-refractivity contribution >= 4 is 43.6 Å². The first-order valence-corrected chi connectivity index (χ1v) is 15.0. The van der Waals surface area contributed by atoms with Gasteiger partial charge in [-0.15, -0.1) is 0 Å². The molecule has 1 aliphatic heterocycles.